The average molecular weight is 286 g/mol. The summed E-state index contributed by atoms with van der Waals surface area (Å²) in [5.41, 5.74) is 0. The molecule has 1 N–H and O–H groups in total. The van der Waals surface area contributed by atoms with E-state index in [4.69, 9.17) is 0 Å². The number of hydrogen-bond donors (Lipinski definition) is 1. The van der Waals surface area contributed by atoms with Crippen LogP contribution in [0.3, 0.4) is 0 Å². The largest absolute Gasteiger partial charge is 0.461 e. The summed E-state index contributed by atoms with van der Waals surface area (Å²) in [6.07, 6.45) is -6.54. The van der Waals surface area contributed by atoms with E-state index in [0.29, 0.717) is 0 Å². The Morgan fingerprint density at radius 2 is 1.25 bits per heavy atom. The molecule has 0 aliphatic rings. The van der Waals surface area contributed by atoms with Crippen LogP contribution in [0.4, 0.5) is 30.7 Å². The molecule has 0 heterocycles. The average Bonchev–Trinajstić information content (AvgIpc) is 1.77. The van der Waals surface area contributed by atoms with Gasteiger partial charge in [-0.3, -0.25) is 0 Å². The Balaban J connectivity index is 0. The van der Waals surface area contributed by atoms with Gasteiger partial charge in [0, 0.05) is 29.6 Å². The molecule has 0 aliphatic heterocycles. The number of nitrogens with one attached hydrogen (secondary N) is 1. The Bertz CT molecular complexity index is 337. The number of hydrogen-bond acceptors (Lipinski definition) is 2. The summed E-state index contributed by atoms with van der Waals surface area (Å²) in [6, 6.07) is -5.93. The van der Waals surface area contributed by atoms with Crippen molar-refractivity contribution in [2.75, 3.05) is 6.26 Å². The first-order valence-corrected chi connectivity index (χ1v) is 4.91. The van der Waals surface area contributed by atoms with Crippen LogP contribution in [0, 0.1) is 0 Å². The zero-order valence-electron chi connectivity index (χ0n) is 7.87. The van der Waals surface area contributed by atoms with Crippen molar-refractivity contribution in [3.05, 3.63) is 0 Å². The van der Waals surface area contributed by atoms with Gasteiger partial charge in [-0.1, -0.05) is 0 Å². The molecular weight excluding hydrogens is 282 g/mol. The van der Waals surface area contributed by atoms with E-state index in [0.717, 1.165) is 0 Å². The summed E-state index contributed by atoms with van der Waals surface area (Å²) >= 11 is 0. The van der Waals surface area contributed by atoms with Crippen LogP contribution in [0.25, 0.3) is 0 Å². The van der Waals surface area contributed by atoms with Crippen LogP contribution >= 0.6 is 0 Å². The Labute approximate surface area is 108 Å². The Kier molecular flexibility index (Phi) is 5.82. The molecule has 0 spiro atoms. The number of rotatable bonds is 3. The zero-order valence-corrected chi connectivity index (χ0v) is 10.7. The van der Waals surface area contributed by atoms with E-state index in [2.05, 4.69) is 0 Å². The van der Waals surface area contributed by atoms with Crippen LogP contribution in [0.15, 0.2) is 0 Å². The maximum absolute atomic E-state index is 12.2. The van der Waals surface area contributed by atoms with Crippen molar-refractivity contribution in [2.24, 2.45) is 0 Å². The molecule has 16 heavy (non-hydrogen) atoms. The van der Waals surface area contributed by atoms with Crippen molar-refractivity contribution >= 4 is 39.6 Å². The van der Waals surface area contributed by atoms with Gasteiger partial charge in [0.05, 0.1) is 6.26 Å². The van der Waals surface area contributed by atoms with Crippen LogP contribution in [0.2, 0.25) is 0 Å². The standard InChI is InChI=1S/C4H4F7NO2S.Na/c1-15(13,14)12-4(10,11)2(5,6)3(7,8)9;/h12H,1H3;. The first kappa shape index (κ1) is 18.8. The van der Waals surface area contributed by atoms with Crippen LogP contribution in [0.1, 0.15) is 0 Å². The van der Waals surface area contributed by atoms with Gasteiger partial charge in [0.2, 0.25) is 10.0 Å². The third-order valence-corrected chi connectivity index (χ3v) is 1.69. The van der Waals surface area contributed by atoms with Crippen molar-refractivity contribution in [2.45, 2.75) is 18.1 Å². The molecule has 0 atom stereocenters. The van der Waals surface area contributed by atoms with Gasteiger partial charge in [-0.25, -0.2) is 8.42 Å². The fourth-order valence-corrected chi connectivity index (χ4v) is 1.07. The topological polar surface area (TPSA) is 46.2 Å². The molecule has 0 fully saturated rings. The van der Waals surface area contributed by atoms with Crippen molar-refractivity contribution in [1.29, 1.82) is 0 Å². The first-order valence-electron chi connectivity index (χ1n) is 3.02. The van der Waals surface area contributed by atoms with E-state index in [9.17, 15) is 39.2 Å². The third kappa shape index (κ3) is 4.35. The van der Waals surface area contributed by atoms with E-state index in [-0.39, 0.29) is 40.5 Å². The predicted octanol–water partition coefficient (Wildman–Crippen LogP) is 0.945. The molecule has 0 aromatic rings. The Morgan fingerprint density at radius 3 is 1.44 bits per heavy atom. The summed E-state index contributed by atoms with van der Waals surface area (Å²) in [4.78, 5) is 0. The quantitative estimate of drug-likeness (QED) is 0.477. The summed E-state index contributed by atoms with van der Waals surface area (Å²) in [7, 11) is -4.91. The van der Waals surface area contributed by atoms with Crippen LogP contribution in [0.5, 0.6) is 0 Å². The molecular formula is C4H4F7NNaO2S. The van der Waals surface area contributed by atoms with Crippen molar-refractivity contribution in [1.82, 2.24) is 4.72 Å². The maximum Gasteiger partial charge on any atom is 0.461 e. The van der Waals surface area contributed by atoms with E-state index in [1.807, 2.05) is 0 Å². The Hall–Kier alpha value is 0.420. The van der Waals surface area contributed by atoms with Gasteiger partial charge in [-0.05, 0) is 0 Å². The van der Waals surface area contributed by atoms with Crippen LogP contribution < -0.4 is 4.72 Å². The fourth-order valence-electron chi connectivity index (χ4n) is 0.475. The summed E-state index contributed by atoms with van der Waals surface area (Å²) in [5.74, 6) is -6.48. The van der Waals surface area contributed by atoms with Crippen molar-refractivity contribution in [3.8, 4) is 0 Å². The van der Waals surface area contributed by atoms with E-state index >= 15 is 0 Å². The second kappa shape index (κ2) is 4.96. The van der Waals surface area contributed by atoms with E-state index in [1.165, 1.54) is 0 Å². The zero-order chi connectivity index (χ0) is 12.7. The molecule has 0 saturated heterocycles. The number of halogens is 7. The van der Waals surface area contributed by atoms with Gasteiger partial charge in [-0.15, -0.1) is 4.72 Å². The van der Waals surface area contributed by atoms with Gasteiger partial charge in [-0.2, -0.15) is 30.7 Å². The molecule has 0 aromatic heterocycles. The van der Waals surface area contributed by atoms with Crippen LogP contribution in [-0.2, 0) is 10.0 Å². The predicted molar refractivity (Wildman–Crippen MR) is 39.7 cm³/mol. The number of alkyl halides is 7. The van der Waals surface area contributed by atoms with Gasteiger partial charge >= 0.3 is 18.1 Å². The molecule has 0 amide bonds. The molecule has 93 valence electrons. The van der Waals surface area contributed by atoms with E-state index in [1.54, 1.807) is 0 Å². The molecule has 0 unspecified atom stereocenters. The molecule has 1 radical (unpaired) electrons. The van der Waals surface area contributed by atoms with Gasteiger partial charge in [0.25, 0.3) is 0 Å². The third-order valence-electron chi connectivity index (χ3n) is 1.06. The molecule has 12 heteroatoms. The summed E-state index contributed by atoms with van der Waals surface area (Å²) in [6.45, 7) is 0. The smallest absolute Gasteiger partial charge is 0.213 e. The first-order chi connectivity index (χ1) is 6.21. The number of sulfonamides is 1. The fraction of sp³-hybridized carbons (Fsp3) is 1.00. The SMILES string of the molecule is CS(=O)(=O)NC(F)(F)C(F)(F)C(F)(F)F.[Na]. The molecule has 0 aliphatic carbocycles. The molecule has 3 nitrogen and oxygen atoms in total. The molecule has 0 aromatic carbocycles. The van der Waals surface area contributed by atoms with Gasteiger partial charge in [0.1, 0.15) is 0 Å². The Morgan fingerprint density at radius 1 is 0.938 bits per heavy atom. The van der Waals surface area contributed by atoms with Gasteiger partial charge < -0.3 is 0 Å². The summed E-state index contributed by atoms with van der Waals surface area (Å²) < 4.78 is 103. The molecule has 0 rings (SSSR count). The van der Waals surface area contributed by atoms with Crippen LogP contribution in [-0.4, -0.2) is 62.4 Å². The molecule has 0 bridgehead atoms. The summed E-state index contributed by atoms with van der Waals surface area (Å²) in [5, 5.41) is 0. The minimum Gasteiger partial charge on any atom is -0.213 e. The minimum absolute atomic E-state index is 0. The minimum atomic E-state index is -6.56. The normalized spacial score (nSPS) is 14.5. The van der Waals surface area contributed by atoms with E-state index < -0.39 is 28.2 Å². The second-order valence-electron chi connectivity index (χ2n) is 2.52. The maximum atomic E-state index is 12.2. The second-order valence-corrected chi connectivity index (χ2v) is 4.27. The van der Waals surface area contributed by atoms with Crippen molar-refractivity contribution in [3.63, 3.8) is 0 Å². The van der Waals surface area contributed by atoms with Crippen molar-refractivity contribution < 1.29 is 39.2 Å². The molecule has 0 saturated carbocycles. The van der Waals surface area contributed by atoms with Gasteiger partial charge in [0.15, 0.2) is 0 Å². The monoisotopic (exact) mass is 286 g/mol.